The molecule has 8 heteroatoms. The van der Waals surface area contributed by atoms with Gasteiger partial charge in [0, 0.05) is 24.7 Å². The van der Waals surface area contributed by atoms with Crippen LogP contribution in [0.1, 0.15) is 33.6 Å². The Kier molecular flexibility index (Phi) is 5.47. The third-order valence-corrected chi connectivity index (χ3v) is 5.85. The second-order valence-electron chi connectivity index (χ2n) is 8.27. The number of carbonyl (C=O) groups excluding carboxylic acids is 1. The van der Waals surface area contributed by atoms with E-state index in [0.717, 1.165) is 41.5 Å². The molecule has 4 aromatic rings. The van der Waals surface area contributed by atoms with E-state index in [4.69, 9.17) is 5.26 Å². The fourth-order valence-electron chi connectivity index (χ4n) is 4.06. The van der Waals surface area contributed by atoms with Crippen LogP contribution in [-0.2, 0) is 6.54 Å². The zero-order valence-electron chi connectivity index (χ0n) is 18.2. The van der Waals surface area contributed by atoms with Gasteiger partial charge in [0.05, 0.1) is 35.6 Å². The van der Waals surface area contributed by atoms with E-state index in [-0.39, 0.29) is 5.91 Å². The molecule has 0 aliphatic carbocycles. The summed E-state index contributed by atoms with van der Waals surface area (Å²) >= 11 is 0. The van der Waals surface area contributed by atoms with E-state index in [1.165, 1.54) is 5.57 Å². The Hall–Kier alpha value is -4.22. The quantitative estimate of drug-likeness (QED) is 0.496. The molecule has 0 saturated carbocycles. The van der Waals surface area contributed by atoms with Gasteiger partial charge in [-0.15, -0.1) is 0 Å². The van der Waals surface area contributed by atoms with Crippen LogP contribution < -0.4 is 5.32 Å². The lowest BCUT2D eigenvalue weighted by Gasteiger charge is -2.22. The second kappa shape index (κ2) is 8.73. The number of anilines is 1. The standard InChI is InChI=1S/C25H23N7O/c1-31-9-7-19(8-10-31)20-5-6-22-23(12-20)29-30-24(22)25(33)28-21-14-27-32(16-21)15-18-4-2-3-17(11-18)13-26/h2-7,11-12,14,16H,8-10,15H2,1H3,(H,28,33)(H,29,30). The summed E-state index contributed by atoms with van der Waals surface area (Å²) in [5.74, 6) is -0.293. The highest BCUT2D eigenvalue weighted by atomic mass is 16.2. The monoisotopic (exact) mass is 437 g/mol. The molecule has 0 bridgehead atoms. The first-order valence-electron chi connectivity index (χ1n) is 10.8. The molecule has 0 spiro atoms. The molecule has 2 N–H and O–H groups in total. The second-order valence-corrected chi connectivity index (χ2v) is 8.27. The van der Waals surface area contributed by atoms with Crippen LogP contribution in [0, 0.1) is 11.3 Å². The maximum Gasteiger partial charge on any atom is 0.276 e. The fraction of sp³-hybridized carbons (Fsp3) is 0.200. The molecule has 2 aromatic heterocycles. The van der Waals surface area contributed by atoms with E-state index in [1.807, 2.05) is 24.3 Å². The maximum absolute atomic E-state index is 12.9. The molecular formula is C25H23N7O. The number of aromatic nitrogens is 4. The van der Waals surface area contributed by atoms with Gasteiger partial charge in [-0.1, -0.05) is 24.3 Å². The number of likely N-dealkylation sites (N-methyl/N-ethyl adjacent to an activating group) is 1. The predicted octanol–water partition coefficient (Wildman–Crippen LogP) is 3.65. The molecule has 0 atom stereocenters. The van der Waals surface area contributed by atoms with Crippen LogP contribution in [0.4, 0.5) is 5.69 Å². The van der Waals surface area contributed by atoms with Gasteiger partial charge in [-0.05, 0) is 54.4 Å². The van der Waals surface area contributed by atoms with Crippen molar-refractivity contribution in [3.05, 3.63) is 83.3 Å². The van der Waals surface area contributed by atoms with Crippen LogP contribution in [0.3, 0.4) is 0 Å². The lowest BCUT2D eigenvalue weighted by Crippen LogP contribution is -2.23. The Labute approximate surface area is 191 Å². The summed E-state index contributed by atoms with van der Waals surface area (Å²) in [7, 11) is 2.12. The summed E-state index contributed by atoms with van der Waals surface area (Å²) in [5.41, 5.74) is 5.82. The van der Waals surface area contributed by atoms with Gasteiger partial charge >= 0.3 is 0 Å². The molecular weight excluding hydrogens is 414 g/mol. The molecule has 1 aliphatic rings. The predicted molar refractivity (Wildman–Crippen MR) is 127 cm³/mol. The zero-order chi connectivity index (χ0) is 22.8. The minimum Gasteiger partial charge on any atom is -0.318 e. The summed E-state index contributed by atoms with van der Waals surface area (Å²) in [6, 6.07) is 15.6. The number of amides is 1. The number of fused-ring (bicyclic) bond motifs is 1. The minimum absolute atomic E-state index is 0.293. The molecule has 5 rings (SSSR count). The van der Waals surface area contributed by atoms with E-state index in [9.17, 15) is 4.79 Å². The number of nitrogens with zero attached hydrogens (tertiary/aromatic N) is 5. The van der Waals surface area contributed by atoms with E-state index in [2.05, 4.69) is 56.8 Å². The summed E-state index contributed by atoms with van der Waals surface area (Å²) in [5, 5.41) is 24.3. The molecule has 3 heterocycles. The highest BCUT2D eigenvalue weighted by Gasteiger charge is 2.17. The van der Waals surface area contributed by atoms with Crippen molar-refractivity contribution in [2.24, 2.45) is 0 Å². The molecule has 33 heavy (non-hydrogen) atoms. The van der Waals surface area contributed by atoms with Gasteiger partial charge < -0.3 is 10.2 Å². The average Bonchev–Trinajstić information content (AvgIpc) is 3.46. The first-order chi connectivity index (χ1) is 16.1. The number of nitriles is 1. The van der Waals surface area contributed by atoms with Gasteiger partial charge in [0.2, 0.25) is 0 Å². The number of nitrogens with one attached hydrogen (secondary N) is 2. The van der Waals surface area contributed by atoms with Gasteiger partial charge in [0.1, 0.15) is 0 Å². The summed E-state index contributed by atoms with van der Waals surface area (Å²) < 4.78 is 1.72. The van der Waals surface area contributed by atoms with Crippen LogP contribution in [-0.4, -0.2) is 50.9 Å². The topological polar surface area (TPSA) is 103 Å². The maximum atomic E-state index is 12.9. The van der Waals surface area contributed by atoms with Crippen molar-refractivity contribution >= 4 is 28.1 Å². The first kappa shape index (κ1) is 20.7. The molecule has 1 amide bonds. The third kappa shape index (κ3) is 4.40. The van der Waals surface area contributed by atoms with Crippen molar-refractivity contribution in [2.45, 2.75) is 13.0 Å². The van der Waals surface area contributed by atoms with Crippen LogP contribution in [0.5, 0.6) is 0 Å². The molecule has 0 saturated heterocycles. The number of H-pyrrole nitrogens is 1. The first-order valence-corrected chi connectivity index (χ1v) is 10.8. The van der Waals surface area contributed by atoms with Gasteiger partial charge in [0.25, 0.3) is 5.91 Å². The lowest BCUT2D eigenvalue weighted by molar-refractivity contribution is 0.102. The average molecular weight is 438 g/mol. The number of benzene rings is 2. The smallest absolute Gasteiger partial charge is 0.276 e. The van der Waals surface area contributed by atoms with Crippen molar-refractivity contribution in [1.29, 1.82) is 5.26 Å². The zero-order valence-corrected chi connectivity index (χ0v) is 18.2. The Balaban J connectivity index is 1.30. The number of carbonyl (C=O) groups is 1. The van der Waals surface area contributed by atoms with Gasteiger partial charge in [0.15, 0.2) is 5.69 Å². The minimum atomic E-state index is -0.293. The van der Waals surface area contributed by atoms with Crippen LogP contribution in [0.2, 0.25) is 0 Å². The van der Waals surface area contributed by atoms with Crippen LogP contribution in [0.15, 0.2) is 60.9 Å². The Bertz CT molecular complexity index is 1410. The largest absolute Gasteiger partial charge is 0.318 e. The molecule has 2 aromatic carbocycles. The van der Waals surface area contributed by atoms with Crippen molar-refractivity contribution in [3.8, 4) is 6.07 Å². The lowest BCUT2D eigenvalue weighted by atomic mass is 9.98. The Morgan fingerprint density at radius 3 is 3.00 bits per heavy atom. The van der Waals surface area contributed by atoms with Gasteiger partial charge in [-0.3, -0.25) is 14.6 Å². The number of hydrogen-bond acceptors (Lipinski definition) is 5. The van der Waals surface area contributed by atoms with Crippen LogP contribution in [0.25, 0.3) is 16.5 Å². The molecule has 0 unspecified atom stereocenters. The summed E-state index contributed by atoms with van der Waals surface area (Å²) in [4.78, 5) is 15.2. The molecule has 164 valence electrons. The molecule has 1 aliphatic heterocycles. The van der Waals surface area contributed by atoms with Crippen molar-refractivity contribution in [3.63, 3.8) is 0 Å². The number of aromatic amines is 1. The normalized spacial score (nSPS) is 14.1. The van der Waals surface area contributed by atoms with Crippen molar-refractivity contribution in [1.82, 2.24) is 24.9 Å². The van der Waals surface area contributed by atoms with E-state index < -0.39 is 0 Å². The third-order valence-electron chi connectivity index (χ3n) is 5.85. The number of rotatable bonds is 5. The van der Waals surface area contributed by atoms with Gasteiger partial charge in [-0.2, -0.15) is 15.5 Å². The highest BCUT2D eigenvalue weighted by molar-refractivity contribution is 6.11. The van der Waals surface area contributed by atoms with Crippen LogP contribution >= 0.6 is 0 Å². The van der Waals surface area contributed by atoms with E-state index in [0.29, 0.717) is 23.5 Å². The van der Waals surface area contributed by atoms with E-state index in [1.54, 1.807) is 23.1 Å². The van der Waals surface area contributed by atoms with E-state index >= 15 is 0 Å². The highest BCUT2D eigenvalue weighted by Crippen LogP contribution is 2.26. The van der Waals surface area contributed by atoms with Crippen molar-refractivity contribution in [2.75, 3.05) is 25.5 Å². The summed E-state index contributed by atoms with van der Waals surface area (Å²) in [6.45, 7) is 2.49. The van der Waals surface area contributed by atoms with Crippen molar-refractivity contribution < 1.29 is 4.79 Å². The molecule has 0 fully saturated rings. The Morgan fingerprint density at radius 1 is 1.27 bits per heavy atom. The Morgan fingerprint density at radius 2 is 2.18 bits per heavy atom. The summed E-state index contributed by atoms with van der Waals surface area (Å²) in [6.07, 6.45) is 6.62. The molecule has 8 nitrogen and oxygen atoms in total. The SMILES string of the molecule is CN1CC=C(c2ccc3c(C(=O)Nc4cnn(Cc5cccc(C#N)c5)c4)n[nH]c3c2)CC1. The molecule has 0 radical (unpaired) electrons. The number of hydrogen-bond donors (Lipinski definition) is 2. The van der Waals surface area contributed by atoms with Gasteiger partial charge in [-0.25, -0.2) is 0 Å². The fourth-order valence-corrected chi connectivity index (χ4v) is 4.06.